The Morgan fingerprint density at radius 2 is 2.39 bits per heavy atom. The van der Waals surface area contributed by atoms with E-state index in [1.165, 1.54) is 0 Å². The van der Waals surface area contributed by atoms with Crippen molar-refractivity contribution in [2.24, 2.45) is 0 Å². The van der Waals surface area contributed by atoms with Gasteiger partial charge in [-0.15, -0.1) is 6.58 Å². The topological polar surface area (TPSA) is 51.2 Å². The van der Waals surface area contributed by atoms with Gasteiger partial charge < -0.3 is 4.74 Å². The van der Waals surface area contributed by atoms with E-state index in [4.69, 9.17) is 4.74 Å². The van der Waals surface area contributed by atoms with Crippen molar-refractivity contribution < 1.29 is 9.53 Å². The number of halogens is 2. The highest BCUT2D eigenvalue weighted by Crippen LogP contribution is 2.25. The third-order valence-electron chi connectivity index (χ3n) is 2.10. The van der Waals surface area contributed by atoms with E-state index in [-0.39, 0.29) is 5.97 Å². The molecule has 0 aliphatic heterocycles. The number of hydrogen-bond acceptors (Lipinski definition) is 4. The molecule has 1 aromatic rings. The van der Waals surface area contributed by atoms with Crippen molar-refractivity contribution in [1.82, 2.24) is 10.3 Å². The molecule has 4 nitrogen and oxygen atoms in total. The van der Waals surface area contributed by atoms with Gasteiger partial charge in [0.05, 0.1) is 12.3 Å². The van der Waals surface area contributed by atoms with E-state index >= 15 is 0 Å². The second-order valence-electron chi connectivity index (χ2n) is 3.40. The molecule has 98 valence electrons. The molecule has 0 radical (unpaired) electrons. The van der Waals surface area contributed by atoms with Crippen molar-refractivity contribution in [3.63, 3.8) is 0 Å². The Labute approximate surface area is 123 Å². The van der Waals surface area contributed by atoms with Gasteiger partial charge in [-0.1, -0.05) is 6.08 Å². The van der Waals surface area contributed by atoms with Gasteiger partial charge in [-0.05, 0) is 44.8 Å². The van der Waals surface area contributed by atoms with Crippen LogP contribution in [-0.4, -0.2) is 24.1 Å². The first kappa shape index (κ1) is 15.3. The van der Waals surface area contributed by atoms with E-state index in [9.17, 15) is 4.79 Å². The lowest BCUT2D eigenvalue weighted by Crippen LogP contribution is -2.31. The maximum atomic E-state index is 11.9. The van der Waals surface area contributed by atoms with Crippen molar-refractivity contribution >= 4 is 37.8 Å². The molecule has 0 bridgehead atoms. The van der Waals surface area contributed by atoms with Gasteiger partial charge in [0.25, 0.3) is 0 Å². The first-order chi connectivity index (χ1) is 8.60. The van der Waals surface area contributed by atoms with Crippen LogP contribution in [-0.2, 0) is 9.53 Å². The number of carbonyl (C=O) groups excluding carboxylic acids is 1. The van der Waals surface area contributed by atoms with Gasteiger partial charge in [0.1, 0.15) is 6.04 Å². The lowest BCUT2D eigenvalue weighted by Gasteiger charge is -2.17. The minimum atomic E-state index is -0.606. The van der Waals surface area contributed by atoms with Gasteiger partial charge >= 0.3 is 5.97 Å². The summed E-state index contributed by atoms with van der Waals surface area (Å²) in [5, 5.41) is 3.03. The second-order valence-corrected chi connectivity index (χ2v) is 5.17. The van der Waals surface area contributed by atoms with Crippen LogP contribution in [0.5, 0.6) is 0 Å². The van der Waals surface area contributed by atoms with Crippen LogP contribution in [0.2, 0.25) is 0 Å². The van der Waals surface area contributed by atoms with Crippen LogP contribution in [0.1, 0.15) is 18.7 Å². The first-order valence-corrected chi connectivity index (χ1v) is 7.00. The zero-order chi connectivity index (χ0) is 13.5. The molecule has 1 heterocycles. The zero-order valence-electron chi connectivity index (χ0n) is 9.95. The van der Waals surface area contributed by atoms with E-state index in [0.29, 0.717) is 18.8 Å². The molecule has 0 aliphatic rings. The lowest BCUT2D eigenvalue weighted by molar-refractivity contribution is -0.145. The zero-order valence-corrected chi connectivity index (χ0v) is 13.1. The average Bonchev–Trinajstić information content (AvgIpc) is 2.32. The van der Waals surface area contributed by atoms with E-state index in [2.05, 4.69) is 48.7 Å². The monoisotopic (exact) mass is 376 g/mol. The summed E-state index contributed by atoms with van der Waals surface area (Å²) in [6.45, 7) is 6.21. The minimum Gasteiger partial charge on any atom is -0.465 e. The predicted molar refractivity (Wildman–Crippen MR) is 77.2 cm³/mol. The summed E-state index contributed by atoms with van der Waals surface area (Å²) in [6.07, 6.45) is 3.32. The maximum absolute atomic E-state index is 11.9. The number of aromatic nitrogens is 1. The number of ether oxygens (including phenoxy) is 1. The Kier molecular flexibility index (Phi) is 6.52. The van der Waals surface area contributed by atoms with Crippen LogP contribution in [0.25, 0.3) is 0 Å². The first-order valence-electron chi connectivity index (χ1n) is 5.42. The summed E-state index contributed by atoms with van der Waals surface area (Å²) in [5.41, 5.74) is 0.596. The fourth-order valence-electron chi connectivity index (χ4n) is 1.36. The van der Waals surface area contributed by atoms with E-state index in [1.807, 2.05) is 6.07 Å². The lowest BCUT2D eigenvalue weighted by atomic mass is 10.2. The number of esters is 1. The standard InChI is InChI=1S/C12H14Br2N2O2/c1-3-5-15-11(12(17)18-4-2)10-9(14)6-8(13)7-16-10/h3,6-7,11,15H,1,4-5H2,2H3. The molecular formula is C12H14Br2N2O2. The number of carbonyl (C=O) groups is 1. The molecule has 0 aromatic carbocycles. The predicted octanol–water partition coefficient (Wildman–Crippen LogP) is 2.99. The van der Waals surface area contributed by atoms with Gasteiger partial charge in [-0.3, -0.25) is 10.3 Å². The highest BCUT2D eigenvalue weighted by Gasteiger charge is 2.24. The Morgan fingerprint density at radius 1 is 1.67 bits per heavy atom. The molecular weight excluding hydrogens is 364 g/mol. The summed E-state index contributed by atoms with van der Waals surface area (Å²) in [5.74, 6) is -0.352. The van der Waals surface area contributed by atoms with Gasteiger partial charge in [0.2, 0.25) is 0 Å². The Bertz CT molecular complexity index is 438. The van der Waals surface area contributed by atoms with Crippen LogP contribution >= 0.6 is 31.9 Å². The van der Waals surface area contributed by atoms with Gasteiger partial charge in [-0.2, -0.15) is 0 Å². The molecule has 0 amide bonds. The summed E-state index contributed by atoms with van der Waals surface area (Å²) in [4.78, 5) is 16.1. The molecule has 0 saturated carbocycles. The number of rotatable bonds is 6. The summed E-state index contributed by atoms with van der Waals surface area (Å²) in [6, 6.07) is 1.23. The van der Waals surface area contributed by atoms with Crippen LogP contribution in [0.15, 0.2) is 33.9 Å². The van der Waals surface area contributed by atoms with Crippen LogP contribution < -0.4 is 5.32 Å². The quantitative estimate of drug-likeness (QED) is 0.611. The molecule has 18 heavy (non-hydrogen) atoms. The van der Waals surface area contributed by atoms with Crippen molar-refractivity contribution in [3.05, 3.63) is 39.6 Å². The molecule has 1 atom stereocenters. The molecule has 6 heteroatoms. The third-order valence-corrected chi connectivity index (χ3v) is 3.17. The van der Waals surface area contributed by atoms with Crippen molar-refractivity contribution in [3.8, 4) is 0 Å². The van der Waals surface area contributed by atoms with Crippen molar-refractivity contribution in [2.45, 2.75) is 13.0 Å². The fourth-order valence-corrected chi connectivity index (χ4v) is 2.57. The normalized spacial score (nSPS) is 11.9. The van der Waals surface area contributed by atoms with Crippen molar-refractivity contribution in [1.29, 1.82) is 0 Å². The Balaban J connectivity index is 3.00. The highest BCUT2D eigenvalue weighted by atomic mass is 79.9. The summed E-state index contributed by atoms with van der Waals surface area (Å²) >= 11 is 6.71. The Hall–Kier alpha value is -0.720. The van der Waals surface area contributed by atoms with Gasteiger partial charge in [0, 0.05) is 21.7 Å². The Morgan fingerprint density at radius 3 is 2.94 bits per heavy atom. The molecule has 0 spiro atoms. The highest BCUT2D eigenvalue weighted by molar-refractivity contribution is 9.11. The third kappa shape index (κ3) is 4.19. The smallest absolute Gasteiger partial charge is 0.329 e. The largest absolute Gasteiger partial charge is 0.465 e. The molecule has 0 aliphatic carbocycles. The molecule has 0 saturated heterocycles. The maximum Gasteiger partial charge on any atom is 0.329 e. The number of nitrogens with one attached hydrogen (secondary N) is 1. The summed E-state index contributed by atoms with van der Waals surface area (Å²) in [7, 11) is 0. The van der Waals surface area contributed by atoms with Crippen LogP contribution in [0, 0.1) is 0 Å². The summed E-state index contributed by atoms with van der Waals surface area (Å²) < 4.78 is 6.61. The number of nitrogens with zero attached hydrogens (tertiary/aromatic N) is 1. The molecule has 0 fully saturated rings. The molecule has 1 N–H and O–H groups in total. The molecule has 1 rings (SSSR count). The van der Waals surface area contributed by atoms with Gasteiger partial charge in [-0.25, -0.2) is 4.79 Å². The average molecular weight is 378 g/mol. The van der Waals surface area contributed by atoms with Crippen LogP contribution in [0.4, 0.5) is 0 Å². The SMILES string of the molecule is C=CCNC(C(=O)OCC)c1ncc(Br)cc1Br. The van der Waals surface area contributed by atoms with E-state index < -0.39 is 6.04 Å². The fraction of sp³-hybridized carbons (Fsp3) is 0.333. The van der Waals surface area contributed by atoms with E-state index in [0.717, 1.165) is 8.95 Å². The van der Waals surface area contributed by atoms with E-state index in [1.54, 1.807) is 19.2 Å². The van der Waals surface area contributed by atoms with Crippen molar-refractivity contribution in [2.75, 3.05) is 13.2 Å². The van der Waals surface area contributed by atoms with Gasteiger partial charge in [0.15, 0.2) is 0 Å². The van der Waals surface area contributed by atoms with Crippen LogP contribution in [0.3, 0.4) is 0 Å². The minimum absolute atomic E-state index is 0.333. The number of pyridine rings is 1. The molecule has 1 unspecified atom stereocenters. The second kappa shape index (κ2) is 7.66. The molecule has 1 aromatic heterocycles. The number of hydrogen-bond donors (Lipinski definition) is 1.